The van der Waals surface area contributed by atoms with E-state index >= 15 is 0 Å². The van der Waals surface area contributed by atoms with Crippen LogP contribution in [-0.4, -0.2) is 16.5 Å². The molecule has 0 aromatic heterocycles. The quantitative estimate of drug-likeness (QED) is 0.799. The number of carbonyl (C=O) groups is 1. The van der Waals surface area contributed by atoms with Gasteiger partial charge < -0.3 is 5.11 Å². The van der Waals surface area contributed by atoms with Crippen molar-refractivity contribution in [3.63, 3.8) is 0 Å². The Kier molecular flexibility index (Phi) is 4.54. The normalized spacial score (nSPS) is 30.5. The first kappa shape index (κ1) is 13.7. The standard InChI is InChI=1S/C14H26O2/c1-5-14(4,16)9-12-8-11(10(2)3)6-7-13(12)15/h10-12,16H,5-9H2,1-4H3. The van der Waals surface area contributed by atoms with Gasteiger partial charge in [-0.15, -0.1) is 0 Å². The van der Waals surface area contributed by atoms with Crippen LogP contribution in [0.25, 0.3) is 0 Å². The third-order valence-corrected chi connectivity index (χ3v) is 4.19. The van der Waals surface area contributed by atoms with Crippen molar-refractivity contribution in [1.29, 1.82) is 0 Å². The second-order valence-electron chi connectivity index (χ2n) is 6.00. The number of Topliss-reactive ketones (excluding diaryl/α,β-unsaturated/α-hetero) is 1. The Balaban J connectivity index is 2.60. The molecule has 1 aliphatic carbocycles. The third-order valence-electron chi connectivity index (χ3n) is 4.19. The van der Waals surface area contributed by atoms with E-state index in [1.54, 1.807) is 0 Å². The minimum atomic E-state index is -0.667. The van der Waals surface area contributed by atoms with E-state index in [-0.39, 0.29) is 5.92 Å². The van der Waals surface area contributed by atoms with Gasteiger partial charge in [0.05, 0.1) is 5.60 Å². The topological polar surface area (TPSA) is 37.3 Å². The summed E-state index contributed by atoms with van der Waals surface area (Å²) in [6, 6.07) is 0. The summed E-state index contributed by atoms with van der Waals surface area (Å²) < 4.78 is 0. The van der Waals surface area contributed by atoms with E-state index in [9.17, 15) is 9.90 Å². The average Bonchev–Trinajstić information content (AvgIpc) is 2.21. The molecule has 1 N–H and O–H groups in total. The van der Waals surface area contributed by atoms with Gasteiger partial charge in [0.1, 0.15) is 5.78 Å². The van der Waals surface area contributed by atoms with Crippen molar-refractivity contribution in [3.05, 3.63) is 0 Å². The van der Waals surface area contributed by atoms with Crippen molar-refractivity contribution in [2.75, 3.05) is 0 Å². The lowest BCUT2D eigenvalue weighted by Gasteiger charge is -2.34. The summed E-state index contributed by atoms with van der Waals surface area (Å²) in [5.41, 5.74) is -0.667. The van der Waals surface area contributed by atoms with Crippen LogP contribution in [0.15, 0.2) is 0 Å². The van der Waals surface area contributed by atoms with Crippen LogP contribution < -0.4 is 0 Å². The Morgan fingerprint density at radius 3 is 2.62 bits per heavy atom. The molecule has 1 saturated carbocycles. The predicted octanol–water partition coefficient (Wildman–Crippen LogP) is 3.18. The molecule has 0 spiro atoms. The molecule has 16 heavy (non-hydrogen) atoms. The van der Waals surface area contributed by atoms with Gasteiger partial charge in [0.15, 0.2) is 0 Å². The van der Waals surface area contributed by atoms with Crippen LogP contribution in [0.2, 0.25) is 0 Å². The maximum absolute atomic E-state index is 11.8. The Labute approximate surface area is 99.4 Å². The predicted molar refractivity (Wildman–Crippen MR) is 66.2 cm³/mol. The molecule has 2 heteroatoms. The molecule has 1 aliphatic rings. The van der Waals surface area contributed by atoms with E-state index in [0.717, 1.165) is 19.3 Å². The van der Waals surface area contributed by atoms with Crippen molar-refractivity contribution in [1.82, 2.24) is 0 Å². The Morgan fingerprint density at radius 2 is 2.12 bits per heavy atom. The van der Waals surface area contributed by atoms with Gasteiger partial charge in [-0.1, -0.05) is 20.8 Å². The molecule has 0 aromatic rings. The van der Waals surface area contributed by atoms with Gasteiger partial charge in [-0.25, -0.2) is 0 Å². The molecular formula is C14H26O2. The van der Waals surface area contributed by atoms with E-state index < -0.39 is 5.60 Å². The summed E-state index contributed by atoms with van der Waals surface area (Å²) in [5, 5.41) is 10.1. The molecule has 0 saturated heterocycles. The van der Waals surface area contributed by atoms with Crippen LogP contribution in [-0.2, 0) is 4.79 Å². The van der Waals surface area contributed by atoms with Crippen LogP contribution >= 0.6 is 0 Å². The minimum absolute atomic E-state index is 0.0936. The molecule has 0 aromatic carbocycles. The van der Waals surface area contributed by atoms with Gasteiger partial charge in [0.2, 0.25) is 0 Å². The summed E-state index contributed by atoms with van der Waals surface area (Å²) in [7, 11) is 0. The van der Waals surface area contributed by atoms with Crippen LogP contribution in [0.5, 0.6) is 0 Å². The summed E-state index contributed by atoms with van der Waals surface area (Å²) in [5.74, 6) is 1.78. The lowest BCUT2D eigenvalue weighted by Crippen LogP contribution is -2.34. The first-order valence-corrected chi connectivity index (χ1v) is 6.61. The zero-order chi connectivity index (χ0) is 12.3. The highest BCUT2D eigenvalue weighted by Gasteiger charge is 2.34. The van der Waals surface area contributed by atoms with Crippen molar-refractivity contribution in [2.24, 2.45) is 17.8 Å². The fourth-order valence-electron chi connectivity index (χ4n) is 2.62. The first-order chi connectivity index (χ1) is 7.35. The molecule has 1 fully saturated rings. The fourth-order valence-corrected chi connectivity index (χ4v) is 2.62. The Bertz CT molecular complexity index is 243. The fraction of sp³-hybridized carbons (Fsp3) is 0.929. The summed E-state index contributed by atoms with van der Waals surface area (Å²) >= 11 is 0. The SMILES string of the molecule is CCC(C)(O)CC1CC(C(C)C)CCC1=O. The van der Waals surface area contributed by atoms with Gasteiger partial charge in [-0.05, 0) is 44.4 Å². The van der Waals surface area contributed by atoms with E-state index in [2.05, 4.69) is 13.8 Å². The summed E-state index contributed by atoms with van der Waals surface area (Å²) in [6.45, 7) is 8.29. The van der Waals surface area contributed by atoms with E-state index in [1.807, 2.05) is 13.8 Å². The molecule has 3 atom stereocenters. The van der Waals surface area contributed by atoms with Gasteiger partial charge in [0, 0.05) is 12.3 Å². The molecule has 2 nitrogen and oxygen atoms in total. The van der Waals surface area contributed by atoms with Crippen molar-refractivity contribution < 1.29 is 9.90 Å². The highest BCUT2D eigenvalue weighted by atomic mass is 16.3. The molecule has 0 amide bonds. The van der Waals surface area contributed by atoms with Gasteiger partial charge in [-0.2, -0.15) is 0 Å². The molecule has 0 radical (unpaired) electrons. The maximum Gasteiger partial charge on any atom is 0.136 e. The summed E-state index contributed by atoms with van der Waals surface area (Å²) in [4.78, 5) is 11.8. The zero-order valence-electron chi connectivity index (χ0n) is 11.1. The third kappa shape index (κ3) is 3.58. The summed E-state index contributed by atoms with van der Waals surface area (Å²) in [6.07, 6.45) is 4.11. The minimum Gasteiger partial charge on any atom is -0.390 e. The molecule has 94 valence electrons. The number of carbonyl (C=O) groups excluding carboxylic acids is 1. The number of hydrogen-bond acceptors (Lipinski definition) is 2. The largest absolute Gasteiger partial charge is 0.390 e. The van der Waals surface area contributed by atoms with Crippen LogP contribution in [0.1, 0.15) is 59.8 Å². The molecule has 0 aliphatic heterocycles. The van der Waals surface area contributed by atoms with Crippen LogP contribution in [0.4, 0.5) is 0 Å². The van der Waals surface area contributed by atoms with Gasteiger partial charge in [0.25, 0.3) is 0 Å². The Morgan fingerprint density at radius 1 is 1.50 bits per heavy atom. The lowest BCUT2D eigenvalue weighted by atomic mass is 9.72. The molecule has 3 unspecified atom stereocenters. The van der Waals surface area contributed by atoms with Crippen LogP contribution in [0.3, 0.4) is 0 Å². The highest BCUT2D eigenvalue weighted by molar-refractivity contribution is 5.81. The number of ketones is 1. The number of hydrogen-bond donors (Lipinski definition) is 1. The van der Waals surface area contributed by atoms with Crippen molar-refractivity contribution in [2.45, 2.75) is 65.4 Å². The monoisotopic (exact) mass is 226 g/mol. The van der Waals surface area contributed by atoms with E-state index in [0.29, 0.717) is 30.5 Å². The lowest BCUT2D eigenvalue weighted by molar-refractivity contribution is -0.128. The zero-order valence-corrected chi connectivity index (χ0v) is 11.1. The van der Waals surface area contributed by atoms with Gasteiger partial charge in [-0.3, -0.25) is 4.79 Å². The first-order valence-electron chi connectivity index (χ1n) is 6.61. The average molecular weight is 226 g/mol. The molecular weight excluding hydrogens is 200 g/mol. The van der Waals surface area contributed by atoms with Crippen molar-refractivity contribution in [3.8, 4) is 0 Å². The van der Waals surface area contributed by atoms with Gasteiger partial charge >= 0.3 is 0 Å². The number of rotatable bonds is 4. The second kappa shape index (κ2) is 5.31. The van der Waals surface area contributed by atoms with E-state index in [4.69, 9.17) is 0 Å². The number of aliphatic hydroxyl groups is 1. The highest BCUT2D eigenvalue weighted by Crippen LogP contribution is 2.36. The smallest absolute Gasteiger partial charge is 0.136 e. The van der Waals surface area contributed by atoms with E-state index in [1.165, 1.54) is 0 Å². The second-order valence-corrected chi connectivity index (χ2v) is 6.00. The molecule has 0 bridgehead atoms. The Hall–Kier alpha value is -0.370. The molecule has 1 rings (SSSR count). The maximum atomic E-state index is 11.8. The molecule has 0 heterocycles. The van der Waals surface area contributed by atoms with Crippen LogP contribution in [0, 0.1) is 17.8 Å². The van der Waals surface area contributed by atoms with Crippen molar-refractivity contribution >= 4 is 5.78 Å².